The number of amides is 2. The molecule has 1 saturated heterocycles. The summed E-state index contributed by atoms with van der Waals surface area (Å²) >= 11 is 0. The molecule has 0 radical (unpaired) electrons. The summed E-state index contributed by atoms with van der Waals surface area (Å²) in [7, 11) is -1.47. The Labute approximate surface area is 307 Å². The molecule has 5 rings (SSSR count). The predicted molar refractivity (Wildman–Crippen MR) is 202 cm³/mol. The van der Waals surface area contributed by atoms with Crippen molar-refractivity contribution in [2.45, 2.75) is 103 Å². The number of rotatable bonds is 10. The summed E-state index contributed by atoms with van der Waals surface area (Å²) in [5.74, 6) is -1.53. The molecule has 1 saturated carbocycles. The summed E-state index contributed by atoms with van der Waals surface area (Å²) in [5, 5.41) is 12.3. The molecule has 0 bridgehead atoms. The van der Waals surface area contributed by atoms with Gasteiger partial charge in [-0.25, -0.2) is 17.6 Å². The van der Waals surface area contributed by atoms with Crippen molar-refractivity contribution in [3.63, 3.8) is 0 Å². The second-order valence-corrected chi connectivity index (χ2v) is 18.2. The van der Waals surface area contributed by atoms with Gasteiger partial charge < -0.3 is 20.1 Å². The van der Waals surface area contributed by atoms with E-state index in [1.807, 2.05) is 36.9 Å². The number of hydrogen-bond donors (Lipinski definition) is 2. The van der Waals surface area contributed by atoms with E-state index in [1.165, 1.54) is 31.6 Å². The molecule has 1 heterocycles. The molecule has 2 amide bonds. The Morgan fingerprint density at radius 2 is 1.71 bits per heavy atom. The van der Waals surface area contributed by atoms with Gasteiger partial charge in [0.1, 0.15) is 17.1 Å². The summed E-state index contributed by atoms with van der Waals surface area (Å²) < 4.78 is 41.0. The Bertz CT molecular complexity index is 1920. The maximum Gasteiger partial charge on any atom is 0.339 e. The minimum atomic E-state index is -2.84. The molecule has 3 aromatic rings. The van der Waals surface area contributed by atoms with Crippen LogP contribution in [0.2, 0.25) is 0 Å². The number of ether oxygens (including phenoxy) is 1. The van der Waals surface area contributed by atoms with Gasteiger partial charge in [0.05, 0.1) is 23.3 Å². The van der Waals surface area contributed by atoms with Crippen LogP contribution in [-0.4, -0.2) is 60.4 Å². The third-order valence-electron chi connectivity index (χ3n) is 10.7. The van der Waals surface area contributed by atoms with Gasteiger partial charge in [-0.1, -0.05) is 48.9 Å². The number of halogens is 1. The molecule has 0 aromatic heterocycles. The summed E-state index contributed by atoms with van der Waals surface area (Å²) in [5.41, 5.74) is 2.85. The predicted octanol–water partition coefficient (Wildman–Crippen LogP) is 8.26. The molecule has 9 nitrogen and oxygen atoms in total. The first-order chi connectivity index (χ1) is 24.2. The smallest absolute Gasteiger partial charge is 0.339 e. The van der Waals surface area contributed by atoms with Gasteiger partial charge in [0.25, 0.3) is 0 Å². The number of carboxylic acid groups (broad SMARTS) is 1. The normalized spacial score (nSPS) is 21.1. The molecule has 2 N–H and O–H groups in total. The Morgan fingerprint density at radius 3 is 2.23 bits per heavy atom. The van der Waals surface area contributed by atoms with Crippen LogP contribution in [0.25, 0.3) is 0 Å². The van der Waals surface area contributed by atoms with E-state index in [2.05, 4.69) is 24.4 Å². The number of aryl methyl sites for hydroxylation is 2. The van der Waals surface area contributed by atoms with Gasteiger partial charge in [-0.2, -0.15) is 0 Å². The molecule has 2 aliphatic rings. The number of carboxylic acids is 1. The van der Waals surface area contributed by atoms with E-state index in [1.54, 1.807) is 39.8 Å². The zero-order valence-electron chi connectivity index (χ0n) is 31.7. The van der Waals surface area contributed by atoms with Crippen molar-refractivity contribution < 1.29 is 37.0 Å². The van der Waals surface area contributed by atoms with Gasteiger partial charge in [0, 0.05) is 36.4 Å². The Hall–Kier alpha value is -4.25. The van der Waals surface area contributed by atoms with Crippen LogP contribution in [0.5, 0.6) is 5.75 Å². The maximum atomic E-state index is 15.0. The number of sulfone groups is 1. The fourth-order valence-electron chi connectivity index (χ4n) is 6.87. The average Bonchev–Trinajstić information content (AvgIpc) is 3.91. The molecule has 1 aliphatic heterocycles. The number of aromatic carboxylic acids is 1. The first kappa shape index (κ1) is 40.5. The van der Waals surface area contributed by atoms with E-state index in [0.717, 1.165) is 29.5 Å². The number of hydrogen-bond acceptors (Lipinski definition) is 6. The first-order valence-electron chi connectivity index (χ1n) is 17.8. The lowest BCUT2D eigenvalue weighted by molar-refractivity contribution is -0.158. The molecule has 2 fully saturated rings. The number of carbonyl (C=O) groups is 3. The number of methoxy groups -OCH3 is 1. The molecule has 282 valence electrons. The number of likely N-dealkylation sites (tertiary alicyclic amines) is 1. The molecular weight excluding hydrogens is 684 g/mol. The number of benzene rings is 3. The zero-order valence-corrected chi connectivity index (χ0v) is 32.6. The molecular formula is C41H53FN2O7S. The minimum absolute atomic E-state index is 0.0118. The number of piperidine rings is 1. The van der Waals surface area contributed by atoms with E-state index < -0.39 is 26.0 Å². The quantitative estimate of drug-likeness (QED) is 0.214. The third kappa shape index (κ3) is 9.03. The van der Waals surface area contributed by atoms with Crippen molar-refractivity contribution >= 4 is 33.3 Å². The number of nitrogens with one attached hydrogen (secondary N) is 1. The van der Waals surface area contributed by atoms with Crippen LogP contribution < -0.4 is 10.1 Å². The molecule has 1 aliphatic carbocycles. The number of carbonyl (C=O) groups excluding carboxylic acids is 2. The lowest BCUT2D eigenvalue weighted by Gasteiger charge is -2.52. The van der Waals surface area contributed by atoms with Crippen LogP contribution in [-0.2, 0) is 19.4 Å². The third-order valence-corrected chi connectivity index (χ3v) is 13.0. The van der Waals surface area contributed by atoms with Crippen molar-refractivity contribution in [2.75, 3.05) is 18.7 Å². The molecule has 52 heavy (non-hydrogen) atoms. The van der Waals surface area contributed by atoms with E-state index in [4.69, 9.17) is 4.74 Å². The van der Waals surface area contributed by atoms with Gasteiger partial charge in [-0.3, -0.25) is 9.59 Å². The van der Waals surface area contributed by atoms with Crippen LogP contribution >= 0.6 is 0 Å². The van der Waals surface area contributed by atoms with Gasteiger partial charge in [0.2, 0.25) is 11.8 Å². The fourth-order valence-corrected chi connectivity index (χ4v) is 6.87. The zero-order chi connectivity index (χ0) is 38.8. The summed E-state index contributed by atoms with van der Waals surface area (Å²) in [6.07, 6.45) is 4.13. The fraction of sp³-hybridized carbons (Fsp3) is 0.488. The monoisotopic (exact) mass is 736 g/mol. The van der Waals surface area contributed by atoms with Crippen molar-refractivity contribution in [3.8, 4) is 5.75 Å². The summed E-state index contributed by atoms with van der Waals surface area (Å²) in [4.78, 5) is 42.0. The van der Waals surface area contributed by atoms with Crippen LogP contribution in [0.3, 0.4) is 0 Å². The number of anilines is 1. The minimum Gasteiger partial charge on any atom is -0.496 e. The lowest BCUT2D eigenvalue weighted by Crippen LogP contribution is -2.57. The standard InChI is InChI=1S/C36H41FN2O5.C5H12O2S/c1-6-36(20-32(40)38-27-14-15-28(34(41)42)31(18-27)44-5)19-29(25-9-7-8-21(2)16-25)33(26-11-10-22(3)30(37)17-26)39(35(36)43)23(4)24-12-13-24;1-5(2,3)8(4,6)7/h7-11,14-18,23-24,29,33H,6,12-13,19-20H2,1-5H3,(H,38,40)(H,41,42);1-4H3/t23-,29-,33?,36-;/m1./s1. The molecule has 0 spiro atoms. The molecule has 3 aromatic carbocycles. The van der Waals surface area contributed by atoms with E-state index in [-0.39, 0.29) is 53.4 Å². The Kier molecular flexibility index (Phi) is 12.3. The van der Waals surface area contributed by atoms with Crippen LogP contribution in [0.1, 0.15) is 111 Å². The molecule has 11 heteroatoms. The SMILES string of the molecule is CC(C)(C)S(C)(=O)=O.CC[C@]1(CC(=O)Nc2ccc(C(=O)O)c(OC)c2)C[C@H](c2cccc(C)c2)C(c2ccc(C)c(F)c2)N([C@H](C)C2CC2)C1=O. The Morgan fingerprint density at radius 1 is 1.06 bits per heavy atom. The largest absolute Gasteiger partial charge is 0.496 e. The van der Waals surface area contributed by atoms with Crippen molar-refractivity contribution in [2.24, 2.45) is 11.3 Å². The average molecular weight is 737 g/mol. The van der Waals surface area contributed by atoms with Crippen LogP contribution in [0, 0.1) is 31.0 Å². The lowest BCUT2D eigenvalue weighted by atomic mass is 9.64. The maximum absolute atomic E-state index is 15.0. The highest BCUT2D eigenvalue weighted by Gasteiger charge is 2.54. The van der Waals surface area contributed by atoms with Crippen molar-refractivity contribution in [1.29, 1.82) is 0 Å². The second-order valence-electron chi connectivity index (χ2n) is 15.4. The van der Waals surface area contributed by atoms with Gasteiger partial charge in [0.15, 0.2) is 9.84 Å². The first-order valence-corrected chi connectivity index (χ1v) is 19.7. The summed E-state index contributed by atoms with van der Waals surface area (Å²) in [6.45, 7) is 12.9. The van der Waals surface area contributed by atoms with E-state index >= 15 is 4.39 Å². The van der Waals surface area contributed by atoms with Crippen molar-refractivity contribution in [3.05, 3.63) is 94.3 Å². The van der Waals surface area contributed by atoms with Gasteiger partial charge >= 0.3 is 5.97 Å². The van der Waals surface area contributed by atoms with Gasteiger partial charge in [-0.05, 0) is 108 Å². The highest BCUT2D eigenvalue weighted by molar-refractivity contribution is 7.92. The van der Waals surface area contributed by atoms with Crippen LogP contribution in [0.4, 0.5) is 10.1 Å². The molecule has 4 atom stereocenters. The molecule has 1 unspecified atom stereocenters. The second kappa shape index (κ2) is 15.8. The highest BCUT2D eigenvalue weighted by atomic mass is 32.2. The topological polar surface area (TPSA) is 130 Å². The van der Waals surface area contributed by atoms with E-state index in [0.29, 0.717) is 30.0 Å². The van der Waals surface area contributed by atoms with Gasteiger partial charge in [-0.15, -0.1) is 0 Å². The van der Waals surface area contributed by atoms with E-state index in [9.17, 15) is 27.9 Å². The number of nitrogens with zero attached hydrogens (tertiary/aromatic N) is 1. The highest BCUT2D eigenvalue weighted by Crippen LogP contribution is 2.55. The van der Waals surface area contributed by atoms with Crippen molar-refractivity contribution in [1.82, 2.24) is 4.90 Å². The Balaban J connectivity index is 0.000000677. The van der Waals surface area contributed by atoms with Crippen LogP contribution in [0.15, 0.2) is 60.7 Å². The summed E-state index contributed by atoms with van der Waals surface area (Å²) in [6, 6.07) is 17.5.